The van der Waals surface area contributed by atoms with E-state index >= 15 is 0 Å². The number of carbonyl (C=O) groups excluding carboxylic acids is 2. The van der Waals surface area contributed by atoms with Crippen LogP contribution in [0, 0.1) is 0 Å². The lowest BCUT2D eigenvalue weighted by molar-refractivity contribution is -0.118. The molecule has 0 aliphatic carbocycles. The number of benzene rings is 3. The highest BCUT2D eigenvalue weighted by molar-refractivity contribution is 6.16. The smallest absolute Gasteiger partial charge is 0.294 e. The molecule has 4 rings (SSSR count). The first-order chi connectivity index (χ1) is 15.1. The van der Waals surface area contributed by atoms with Gasteiger partial charge in [-0.15, -0.1) is 0 Å². The molecule has 5 heteroatoms. The Morgan fingerprint density at radius 2 is 1.55 bits per heavy atom. The number of ketones is 1. The zero-order valence-electron chi connectivity index (χ0n) is 17.2. The third-order valence-corrected chi connectivity index (χ3v) is 5.46. The molecule has 1 aliphatic heterocycles. The van der Waals surface area contributed by atoms with Crippen LogP contribution in [0.3, 0.4) is 0 Å². The lowest BCUT2D eigenvalue weighted by Crippen LogP contribution is -2.31. The molecule has 3 aromatic rings. The summed E-state index contributed by atoms with van der Waals surface area (Å²) >= 11 is 0. The van der Waals surface area contributed by atoms with Gasteiger partial charge in [-0.3, -0.25) is 14.5 Å². The number of hydrogen-bond acceptors (Lipinski definition) is 4. The first-order valence-corrected chi connectivity index (χ1v) is 10.1. The number of methoxy groups -OCH3 is 1. The molecule has 0 fully saturated rings. The second-order valence-corrected chi connectivity index (χ2v) is 7.33. The van der Waals surface area contributed by atoms with Crippen LogP contribution < -0.4 is 9.64 Å². The van der Waals surface area contributed by atoms with Gasteiger partial charge in [-0.2, -0.15) is 0 Å². The highest BCUT2D eigenvalue weighted by Crippen LogP contribution is 2.44. The third kappa shape index (κ3) is 3.94. The minimum atomic E-state index is -0.769. The number of carbonyl (C=O) groups is 2. The number of aliphatic hydroxyl groups is 1. The summed E-state index contributed by atoms with van der Waals surface area (Å²) in [7, 11) is 1.54. The summed E-state index contributed by atoms with van der Waals surface area (Å²) in [5, 5.41) is 10.8. The summed E-state index contributed by atoms with van der Waals surface area (Å²) in [5.41, 5.74) is 2.37. The normalized spacial score (nSPS) is 16.0. The second-order valence-electron chi connectivity index (χ2n) is 7.33. The molecule has 156 valence electrons. The molecule has 1 unspecified atom stereocenters. The van der Waals surface area contributed by atoms with Gasteiger partial charge in [-0.25, -0.2) is 0 Å². The maximum absolute atomic E-state index is 13.3. The van der Waals surface area contributed by atoms with E-state index in [0.29, 0.717) is 23.4 Å². The Bertz CT molecular complexity index is 1120. The Morgan fingerprint density at radius 3 is 2.23 bits per heavy atom. The molecular weight excluding hydrogens is 390 g/mol. The van der Waals surface area contributed by atoms with Gasteiger partial charge in [0.2, 0.25) is 0 Å². The Kier molecular flexibility index (Phi) is 5.85. The van der Waals surface area contributed by atoms with Gasteiger partial charge in [0.1, 0.15) is 5.75 Å². The lowest BCUT2D eigenvalue weighted by atomic mass is 9.92. The molecular formula is C26H23NO4. The number of aliphatic hydroxyl groups excluding tert-OH is 1. The van der Waals surface area contributed by atoms with Crippen molar-refractivity contribution in [3.8, 4) is 5.75 Å². The van der Waals surface area contributed by atoms with Crippen molar-refractivity contribution in [1.82, 2.24) is 0 Å². The van der Waals surface area contributed by atoms with E-state index in [4.69, 9.17) is 4.74 Å². The minimum absolute atomic E-state index is 0.106. The number of hydrogen-bond donors (Lipinski definition) is 1. The third-order valence-electron chi connectivity index (χ3n) is 5.46. The molecule has 0 aromatic heterocycles. The van der Waals surface area contributed by atoms with Crippen LogP contribution in [0.2, 0.25) is 0 Å². The highest BCUT2D eigenvalue weighted by atomic mass is 16.5. The van der Waals surface area contributed by atoms with Crippen LogP contribution in [-0.2, 0) is 16.0 Å². The number of rotatable bonds is 7. The summed E-state index contributed by atoms with van der Waals surface area (Å²) in [4.78, 5) is 27.9. The van der Waals surface area contributed by atoms with Crippen molar-refractivity contribution >= 4 is 17.4 Å². The first kappa shape index (κ1) is 20.4. The van der Waals surface area contributed by atoms with Crippen LogP contribution in [0.4, 0.5) is 5.69 Å². The van der Waals surface area contributed by atoms with Crippen LogP contribution in [0.1, 0.15) is 23.6 Å². The van der Waals surface area contributed by atoms with Crippen molar-refractivity contribution in [2.75, 3.05) is 12.0 Å². The average molecular weight is 413 g/mol. The molecule has 3 aromatic carbocycles. The molecule has 1 heterocycles. The number of Topliss-reactive ketones (excluding diaryl/α,β-unsaturated/α-hetero) is 1. The lowest BCUT2D eigenvalue weighted by Gasteiger charge is -2.28. The number of nitrogens with zero attached hydrogens (tertiary/aromatic N) is 1. The average Bonchev–Trinajstić information content (AvgIpc) is 3.09. The molecule has 1 aliphatic rings. The van der Waals surface area contributed by atoms with Gasteiger partial charge in [-0.1, -0.05) is 66.7 Å². The van der Waals surface area contributed by atoms with Crippen molar-refractivity contribution in [3.63, 3.8) is 0 Å². The zero-order valence-corrected chi connectivity index (χ0v) is 17.2. The Morgan fingerprint density at radius 1 is 0.935 bits per heavy atom. The topological polar surface area (TPSA) is 66.8 Å². The van der Waals surface area contributed by atoms with Crippen molar-refractivity contribution in [3.05, 3.63) is 107 Å². The van der Waals surface area contributed by atoms with Gasteiger partial charge in [0.25, 0.3) is 5.91 Å². The molecule has 5 nitrogen and oxygen atoms in total. The Hall–Kier alpha value is -3.86. The van der Waals surface area contributed by atoms with Crippen LogP contribution >= 0.6 is 0 Å². The molecule has 0 radical (unpaired) electrons. The fourth-order valence-corrected chi connectivity index (χ4v) is 3.97. The number of ether oxygens (including phenoxy) is 1. The zero-order chi connectivity index (χ0) is 21.8. The van der Waals surface area contributed by atoms with Gasteiger partial charge in [0, 0.05) is 17.7 Å². The van der Waals surface area contributed by atoms with Crippen LogP contribution in [-0.4, -0.2) is 23.9 Å². The van der Waals surface area contributed by atoms with E-state index in [1.807, 2.05) is 66.7 Å². The summed E-state index contributed by atoms with van der Waals surface area (Å²) < 4.78 is 5.52. The maximum Gasteiger partial charge on any atom is 0.294 e. The minimum Gasteiger partial charge on any atom is -0.503 e. The fourth-order valence-electron chi connectivity index (χ4n) is 3.97. The Balaban J connectivity index is 1.76. The standard InChI is InChI=1S/C26H23NO4/c1-31-22-15-9-8-14-20(22)24-23(21(28)17-16-18-10-4-2-5-11-18)25(29)26(30)27(24)19-12-6-3-7-13-19/h2-15,24,29H,16-17H2,1H3. The molecule has 1 atom stereocenters. The van der Waals surface area contributed by atoms with Gasteiger partial charge >= 0.3 is 0 Å². The second kappa shape index (κ2) is 8.88. The SMILES string of the molecule is COc1ccccc1C1C(C(=O)CCc2ccccc2)=C(O)C(=O)N1c1ccccc1. The number of amides is 1. The fraction of sp³-hybridized carbons (Fsp3) is 0.154. The maximum atomic E-state index is 13.3. The predicted octanol–water partition coefficient (Wildman–Crippen LogP) is 4.80. The summed E-state index contributed by atoms with van der Waals surface area (Å²) in [6, 6.07) is 25.2. The number of para-hydroxylation sites is 2. The van der Waals surface area contributed by atoms with Crippen molar-refractivity contribution in [1.29, 1.82) is 0 Å². The van der Waals surface area contributed by atoms with Gasteiger partial charge in [0.15, 0.2) is 11.5 Å². The van der Waals surface area contributed by atoms with Crippen LogP contribution in [0.5, 0.6) is 5.75 Å². The van der Waals surface area contributed by atoms with Crippen LogP contribution in [0.15, 0.2) is 96.3 Å². The van der Waals surface area contributed by atoms with Gasteiger partial charge in [0.05, 0.1) is 18.7 Å². The van der Waals surface area contributed by atoms with E-state index in [0.717, 1.165) is 5.56 Å². The summed E-state index contributed by atoms with van der Waals surface area (Å²) in [6.45, 7) is 0. The monoisotopic (exact) mass is 413 g/mol. The predicted molar refractivity (Wildman–Crippen MR) is 119 cm³/mol. The van der Waals surface area contributed by atoms with Crippen molar-refractivity contribution in [2.24, 2.45) is 0 Å². The quantitative estimate of drug-likeness (QED) is 0.604. The number of aryl methyl sites for hydroxylation is 1. The van der Waals surface area contributed by atoms with E-state index in [9.17, 15) is 14.7 Å². The van der Waals surface area contributed by atoms with Crippen LogP contribution in [0.25, 0.3) is 0 Å². The Labute approximate surface area is 181 Å². The van der Waals surface area contributed by atoms with E-state index in [-0.39, 0.29) is 17.8 Å². The van der Waals surface area contributed by atoms with E-state index < -0.39 is 17.7 Å². The largest absolute Gasteiger partial charge is 0.503 e. The van der Waals surface area contributed by atoms with Crippen molar-refractivity contribution < 1.29 is 19.4 Å². The summed E-state index contributed by atoms with van der Waals surface area (Å²) in [6.07, 6.45) is 0.708. The molecule has 0 spiro atoms. The highest BCUT2D eigenvalue weighted by Gasteiger charge is 2.45. The van der Waals surface area contributed by atoms with E-state index in [1.54, 1.807) is 25.3 Å². The van der Waals surface area contributed by atoms with E-state index in [1.165, 1.54) is 4.90 Å². The molecule has 0 saturated carbocycles. The molecule has 0 saturated heterocycles. The van der Waals surface area contributed by atoms with E-state index in [2.05, 4.69) is 0 Å². The van der Waals surface area contributed by atoms with Gasteiger partial charge in [-0.05, 0) is 30.2 Å². The molecule has 1 amide bonds. The molecule has 1 N–H and O–H groups in total. The molecule has 31 heavy (non-hydrogen) atoms. The van der Waals surface area contributed by atoms with Gasteiger partial charge < -0.3 is 9.84 Å². The summed E-state index contributed by atoms with van der Waals surface area (Å²) in [5.74, 6) is -0.809. The molecule has 0 bridgehead atoms. The first-order valence-electron chi connectivity index (χ1n) is 10.1. The number of anilines is 1. The van der Waals surface area contributed by atoms with Crippen molar-refractivity contribution in [2.45, 2.75) is 18.9 Å².